The van der Waals surface area contributed by atoms with Crippen LogP contribution in [0.15, 0.2) is 42.5 Å². The number of methoxy groups -OCH3 is 1. The molecule has 0 bridgehead atoms. The summed E-state index contributed by atoms with van der Waals surface area (Å²) in [6.07, 6.45) is 0.133. The Labute approximate surface area is 123 Å². The third-order valence-corrected chi connectivity index (χ3v) is 4.98. The molecule has 1 saturated heterocycles. The average Bonchev–Trinajstić information content (AvgIpc) is 2.43. The van der Waals surface area contributed by atoms with Gasteiger partial charge in [-0.25, -0.2) is 17.5 Å². The minimum Gasteiger partial charge on any atom is -0.466 e. The zero-order valence-electron chi connectivity index (χ0n) is 11.5. The molecular formula is C14H15NO5S. The van der Waals surface area contributed by atoms with Crippen molar-refractivity contribution in [2.75, 3.05) is 12.9 Å². The van der Waals surface area contributed by atoms with Gasteiger partial charge in [-0.3, -0.25) is 4.79 Å². The fourth-order valence-electron chi connectivity index (χ4n) is 2.17. The molecule has 6 nitrogen and oxygen atoms in total. The van der Waals surface area contributed by atoms with Gasteiger partial charge in [0.15, 0.2) is 0 Å². The first kappa shape index (κ1) is 15.2. The van der Waals surface area contributed by atoms with Gasteiger partial charge in [0.2, 0.25) is 15.9 Å². The summed E-state index contributed by atoms with van der Waals surface area (Å²) in [6, 6.07) is 8.35. The number of esters is 1. The standard InChI is InChI=1S/C14H15NO5S/c1-10(14(17)20-2)9-21(18,19)15-12(8-13(15)16)11-6-4-3-5-7-11/h3-7,12H,1,8-9H2,2H3. The highest BCUT2D eigenvalue weighted by molar-refractivity contribution is 7.89. The first-order valence-electron chi connectivity index (χ1n) is 6.23. The summed E-state index contributed by atoms with van der Waals surface area (Å²) < 4.78 is 29.8. The molecule has 0 aromatic heterocycles. The molecule has 21 heavy (non-hydrogen) atoms. The molecule has 0 aliphatic carbocycles. The van der Waals surface area contributed by atoms with Crippen LogP contribution in [0.5, 0.6) is 0 Å². The predicted octanol–water partition coefficient (Wildman–Crippen LogP) is 1.02. The van der Waals surface area contributed by atoms with Crippen LogP contribution in [0, 0.1) is 0 Å². The van der Waals surface area contributed by atoms with Crippen LogP contribution < -0.4 is 0 Å². The van der Waals surface area contributed by atoms with E-state index in [1.54, 1.807) is 24.3 Å². The van der Waals surface area contributed by atoms with E-state index in [-0.39, 0.29) is 12.0 Å². The lowest BCUT2D eigenvalue weighted by atomic mass is 9.97. The van der Waals surface area contributed by atoms with Gasteiger partial charge in [0, 0.05) is 5.57 Å². The van der Waals surface area contributed by atoms with Crippen LogP contribution in [-0.2, 0) is 24.3 Å². The van der Waals surface area contributed by atoms with Gasteiger partial charge in [-0.1, -0.05) is 36.9 Å². The van der Waals surface area contributed by atoms with Crippen molar-refractivity contribution in [3.63, 3.8) is 0 Å². The highest BCUT2D eigenvalue weighted by atomic mass is 32.2. The van der Waals surface area contributed by atoms with E-state index in [2.05, 4.69) is 11.3 Å². The van der Waals surface area contributed by atoms with Crippen LogP contribution in [0.2, 0.25) is 0 Å². The van der Waals surface area contributed by atoms with Crippen molar-refractivity contribution in [2.24, 2.45) is 0 Å². The van der Waals surface area contributed by atoms with Crippen LogP contribution >= 0.6 is 0 Å². The van der Waals surface area contributed by atoms with Crippen molar-refractivity contribution < 1.29 is 22.7 Å². The Morgan fingerprint density at radius 1 is 1.38 bits per heavy atom. The molecule has 7 heteroatoms. The lowest BCUT2D eigenvalue weighted by Gasteiger charge is -2.39. The fourth-order valence-corrected chi connectivity index (χ4v) is 3.84. The summed E-state index contributed by atoms with van der Waals surface area (Å²) in [5, 5.41) is 0. The molecule has 1 atom stereocenters. The Bertz CT molecular complexity index is 681. The maximum Gasteiger partial charge on any atom is 0.334 e. The number of β-lactam (4-membered cyclic amide) rings is 1. The van der Waals surface area contributed by atoms with Crippen LogP contribution in [0.1, 0.15) is 18.0 Å². The summed E-state index contributed by atoms with van der Waals surface area (Å²) >= 11 is 0. The minimum atomic E-state index is -3.94. The van der Waals surface area contributed by atoms with Gasteiger partial charge in [0.25, 0.3) is 0 Å². The lowest BCUT2D eigenvalue weighted by molar-refractivity contribution is -0.138. The predicted molar refractivity (Wildman–Crippen MR) is 75.6 cm³/mol. The molecule has 1 aliphatic heterocycles. The number of amides is 1. The van der Waals surface area contributed by atoms with Gasteiger partial charge in [0.05, 0.1) is 19.6 Å². The van der Waals surface area contributed by atoms with E-state index in [1.807, 2.05) is 6.07 Å². The van der Waals surface area contributed by atoms with E-state index in [1.165, 1.54) is 0 Å². The Hall–Kier alpha value is -2.15. The molecule has 0 radical (unpaired) electrons. The summed E-state index contributed by atoms with van der Waals surface area (Å²) in [5.74, 6) is -1.92. The van der Waals surface area contributed by atoms with Crippen LogP contribution in [0.3, 0.4) is 0 Å². The number of hydrogen-bond acceptors (Lipinski definition) is 5. The van der Waals surface area contributed by atoms with E-state index in [0.29, 0.717) is 0 Å². The molecule has 2 rings (SSSR count). The zero-order chi connectivity index (χ0) is 15.6. The number of hydrogen-bond donors (Lipinski definition) is 0. The summed E-state index contributed by atoms with van der Waals surface area (Å²) in [7, 11) is -2.80. The average molecular weight is 309 g/mol. The SMILES string of the molecule is C=C(CS(=O)(=O)N1C(=O)CC1c1ccccc1)C(=O)OC. The maximum atomic E-state index is 12.3. The van der Waals surface area contributed by atoms with E-state index in [9.17, 15) is 18.0 Å². The Balaban J connectivity index is 2.21. The minimum absolute atomic E-state index is 0.133. The Kier molecular flexibility index (Phi) is 4.13. The Morgan fingerprint density at radius 3 is 2.52 bits per heavy atom. The van der Waals surface area contributed by atoms with Crippen molar-refractivity contribution in [1.29, 1.82) is 0 Å². The molecule has 1 aromatic rings. The number of carbonyl (C=O) groups excluding carboxylic acids is 2. The Morgan fingerprint density at radius 2 is 2.00 bits per heavy atom. The van der Waals surface area contributed by atoms with Crippen molar-refractivity contribution in [3.8, 4) is 0 Å². The second-order valence-electron chi connectivity index (χ2n) is 4.67. The van der Waals surface area contributed by atoms with Crippen molar-refractivity contribution in [2.45, 2.75) is 12.5 Å². The first-order chi connectivity index (χ1) is 9.86. The van der Waals surface area contributed by atoms with Crippen LogP contribution in [0.25, 0.3) is 0 Å². The summed E-state index contributed by atoms with van der Waals surface area (Å²) in [6.45, 7) is 3.38. The molecule has 0 saturated carbocycles. The third-order valence-electron chi connectivity index (χ3n) is 3.21. The second kappa shape index (κ2) is 5.69. The molecular weight excluding hydrogens is 294 g/mol. The van der Waals surface area contributed by atoms with E-state index in [0.717, 1.165) is 17.0 Å². The molecule has 1 amide bonds. The fraction of sp³-hybridized carbons (Fsp3) is 0.286. The number of sulfonamides is 1. The molecule has 1 aliphatic rings. The monoisotopic (exact) mass is 309 g/mol. The van der Waals surface area contributed by atoms with Gasteiger partial charge in [-0.2, -0.15) is 0 Å². The van der Waals surface area contributed by atoms with Gasteiger partial charge in [-0.15, -0.1) is 0 Å². The van der Waals surface area contributed by atoms with Crippen LogP contribution in [0.4, 0.5) is 0 Å². The smallest absolute Gasteiger partial charge is 0.334 e. The van der Waals surface area contributed by atoms with E-state index < -0.39 is 33.7 Å². The third kappa shape index (κ3) is 2.97. The van der Waals surface area contributed by atoms with Crippen molar-refractivity contribution >= 4 is 21.9 Å². The zero-order valence-corrected chi connectivity index (χ0v) is 12.3. The molecule has 1 unspecified atom stereocenters. The topological polar surface area (TPSA) is 80.8 Å². The lowest BCUT2D eigenvalue weighted by Crippen LogP contribution is -2.51. The molecule has 1 heterocycles. The van der Waals surface area contributed by atoms with Gasteiger partial charge in [0.1, 0.15) is 5.75 Å². The molecule has 1 fully saturated rings. The molecule has 1 aromatic carbocycles. The molecule has 112 valence electrons. The number of benzene rings is 1. The van der Waals surface area contributed by atoms with E-state index in [4.69, 9.17) is 0 Å². The summed E-state index contributed by atoms with van der Waals surface area (Å²) in [5.41, 5.74) is 0.536. The number of rotatable bonds is 5. The number of nitrogens with zero attached hydrogens (tertiary/aromatic N) is 1. The van der Waals surface area contributed by atoms with Gasteiger partial charge < -0.3 is 4.74 Å². The van der Waals surface area contributed by atoms with Gasteiger partial charge >= 0.3 is 5.97 Å². The van der Waals surface area contributed by atoms with E-state index >= 15 is 0 Å². The van der Waals surface area contributed by atoms with Crippen LogP contribution in [-0.4, -0.2) is 37.5 Å². The maximum absolute atomic E-state index is 12.3. The van der Waals surface area contributed by atoms with Gasteiger partial charge in [-0.05, 0) is 5.56 Å². The normalized spacial score (nSPS) is 18.0. The quantitative estimate of drug-likeness (QED) is 0.461. The first-order valence-corrected chi connectivity index (χ1v) is 7.83. The molecule has 0 N–H and O–H groups in total. The van der Waals surface area contributed by atoms with Crippen molar-refractivity contribution in [1.82, 2.24) is 4.31 Å². The molecule has 0 spiro atoms. The number of ether oxygens (including phenoxy) is 1. The number of carbonyl (C=O) groups is 2. The summed E-state index contributed by atoms with van der Waals surface area (Å²) in [4.78, 5) is 22.9. The largest absolute Gasteiger partial charge is 0.466 e. The second-order valence-corrected chi connectivity index (χ2v) is 6.52. The van der Waals surface area contributed by atoms with Crippen molar-refractivity contribution in [3.05, 3.63) is 48.0 Å². The highest BCUT2D eigenvalue weighted by Gasteiger charge is 2.45. The highest BCUT2D eigenvalue weighted by Crippen LogP contribution is 2.37.